The lowest BCUT2D eigenvalue weighted by Crippen LogP contribution is -2.52. The van der Waals surface area contributed by atoms with Crippen LogP contribution in [0.5, 0.6) is 0 Å². The van der Waals surface area contributed by atoms with E-state index < -0.39 is 11.5 Å². The third kappa shape index (κ3) is 4.73. The van der Waals surface area contributed by atoms with Crippen molar-refractivity contribution in [2.75, 3.05) is 13.1 Å². The Labute approximate surface area is 103 Å². The van der Waals surface area contributed by atoms with E-state index in [0.29, 0.717) is 19.5 Å². The number of carbonyl (C=O) groups is 2. The molecule has 0 spiro atoms. The second-order valence-corrected chi connectivity index (χ2v) is 4.60. The van der Waals surface area contributed by atoms with Crippen molar-refractivity contribution >= 4 is 11.9 Å². The predicted octanol–water partition coefficient (Wildman–Crippen LogP) is 1.22. The molecular weight excluding hydrogens is 220 g/mol. The summed E-state index contributed by atoms with van der Waals surface area (Å²) in [5.74, 6) is -1.08. The first-order chi connectivity index (χ1) is 7.87. The van der Waals surface area contributed by atoms with E-state index >= 15 is 0 Å². The van der Waals surface area contributed by atoms with Crippen LogP contribution in [-0.2, 0) is 9.59 Å². The summed E-state index contributed by atoms with van der Waals surface area (Å²) in [5, 5.41) is 9.09. The van der Waals surface area contributed by atoms with Crippen molar-refractivity contribution in [1.82, 2.24) is 4.90 Å². The molecule has 0 radical (unpaired) electrons. The lowest BCUT2D eigenvalue weighted by Gasteiger charge is -2.34. The summed E-state index contributed by atoms with van der Waals surface area (Å²) in [5.41, 5.74) is 4.23. The third-order valence-electron chi connectivity index (χ3n) is 2.91. The summed E-state index contributed by atoms with van der Waals surface area (Å²) in [6.45, 7) is 5.94. The lowest BCUT2D eigenvalue weighted by atomic mass is 10.0. The quantitative estimate of drug-likeness (QED) is 0.629. The highest BCUT2D eigenvalue weighted by atomic mass is 16.4. The third-order valence-corrected chi connectivity index (χ3v) is 2.91. The number of likely N-dealkylation sites (N-methyl/N-ethyl adjacent to an activating group) is 1. The van der Waals surface area contributed by atoms with Crippen LogP contribution < -0.4 is 5.73 Å². The zero-order valence-electron chi connectivity index (χ0n) is 11.0. The maximum atomic E-state index is 11.9. The van der Waals surface area contributed by atoms with Crippen molar-refractivity contribution in [3.63, 3.8) is 0 Å². The summed E-state index contributed by atoms with van der Waals surface area (Å²) < 4.78 is 0. The molecule has 0 saturated heterocycles. The monoisotopic (exact) mass is 244 g/mol. The molecule has 0 unspecified atom stereocenters. The van der Waals surface area contributed by atoms with Crippen molar-refractivity contribution in [2.24, 2.45) is 5.73 Å². The van der Waals surface area contributed by atoms with Gasteiger partial charge in [0.05, 0.1) is 0 Å². The molecule has 3 N–H and O–H groups in total. The zero-order valence-corrected chi connectivity index (χ0v) is 11.0. The van der Waals surface area contributed by atoms with Crippen LogP contribution in [0.3, 0.4) is 0 Å². The molecule has 0 aliphatic heterocycles. The number of hydrogen-bond donors (Lipinski definition) is 2. The lowest BCUT2D eigenvalue weighted by molar-refractivity contribution is -0.156. The molecule has 0 aromatic rings. The van der Waals surface area contributed by atoms with Crippen LogP contribution >= 0.6 is 0 Å². The number of carbonyl (C=O) groups excluding carboxylic acids is 1. The molecule has 5 nitrogen and oxygen atoms in total. The molecule has 5 heteroatoms. The Morgan fingerprint density at radius 1 is 1.24 bits per heavy atom. The normalized spacial score (nSPS) is 11.3. The van der Waals surface area contributed by atoms with Gasteiger partial charge in [0.1, 0.15) is 5.54 Å². The van der Waals surface area contributed by atoms with Gasteiger partial charge >= 0.3 is 5.97 Å². The number of carboxylic acids is 1. The van der Waals surface area contributed by atoms with Crippen molar-refractivity contribution in [1.29, 1.82) is 0 Å². The Balaban J connectivity index is 4.36. The van der Waals surface area contributed by atoms with Crippen molar-refractivity contribution in [3.8, 4) is 0 Å². The first-order valence-corrected chi connectivity index (χ1v) is 6.11. The maximum Gasteiger partial charge on any atom is 0.329 e. The number of nitrogens with two attached hydrogens (primary N) is 1. The van der Waals surface area contributed by atoms with E-state index in [-0.39, 0.29) is 5.91 Å². The topological polar surface area (TPSA) is 83.6 Å². The highest BCUT2D eigenvalue weighted by Gasteiger charge is 2.36. The molecular formula is C12H24N2O3. The van der Waals surface area contributed by atoms with Crippen molar-refractivity contribution < 1.29 is 14.7 Å². The molecule has 0 rings (SSSR count). The molecule has 0 atom stereocenters. The molecule has 0 aliphatic rings. The number of amides is 1. The van der Waals surface area contributed by atoms with Crippen LogP contribution in [0, 0.1) is 0 Å². The van der Waals surface area contributed by atoms with Crippen LogP contribution in [0.15, 0.2) is 0 Å². The maximum absolute atomic E-state index is 11.9. The molecule has 0 fully saturated rings. The Morgan fingerprint density at radius 3 is 2.24 bits per heavy atom. The number of aliphatic carboxylic acids is 1. The first-order valence-electron chi connectivity index (χ1n) is 6.11. The number of rotatable bonds is 8. The van der Waals surface area contributed by atoms with Crippen LogP contribution in [0.25, 0.3) is 0 Å². The number of nitrogens with zero attached hydrogens (tertiary/aromatic N) is 1. The molecule has 0 aliphatic carbocycles. The van der Waals surface area contributed by atoms with E-state index in [1.165, 1.54) is 4.90 Å². The van der Waals surface area contributed by atoms with Crippen LogP contribution in [-0.4, -0.2) is 40.5 Å². The summed E-state index contributed by atoms with van der Waals surface area (Å²) in [4.78, 5) is 24.4. The highest BCUT2D eigenvalue weighted by molar-refractivity contribution is 5.86. The Hall–Kier alpha value is -1.10. The van der Waals surface area contributed by atoms with Gasteiger partial charge in [-0.25, -0.2) is 4.79 Å². The van der Waals surface area contributed by atoms with E-state index in [0.717, 1.165) is 19.3 Å². The Kier molecular flexibility index (Phi) is 6.80. The van der Waals surface area contributed by atoms with E-state index in [4.69, 9.17) is 10.8 Å². The van der Waals surface area contributed by atoms with Crippen LogP contribution in [0.4, 0.5) is 0 Å². The zero-order chi connectivity index (χ0) is 13.5. The molecule has 100 valence electrons. The van der Waals surface area contributed by atoms with Gasteiger partial charge in [0, 0.05) is 13.0 Å². The van der Waals surface area contributed by atoms with Crippen LogP contribution in [0.1, 0.15) is 46.5 Å². The summed E-state index contributed by atoms with van der Waals surface area (Å²) in [6, 6.07) is 0. The van der Waals surface area contributed by atoms with Gasteiger partial charge in [-0.2, -0.15) is 0 Å². The van der Waals surface area contributed by atoms with Crippen molar-refractivity contribution in [2.45, 2.75) is 52.0 Å². The molecule has 0 aromatic carbocycles. The molecule has 0 saturated carbocycles. The molecule has 0 heterocycles. The average molecular weight is 244 g/mol. The fraction of sp³-hybridized carbons (Fsp3) is 0.833. The first kappa shape index (κ1) is 15.9. The standard InChI is InChI=1S/C12H24N2O3/c1-4-14(12(2,3)11(16)17)10(15)8-6-5-7-9-13/h4-9,13H2,1-3H3,(H,16,17). The summed E-state index contributed by atoms with van der Waals surface area (Å²) in [6.07, 6.45) is 2.97. The van der Waals surface area contributed by atoms with Gasteiger partial charge in [-0.05, 0) is 40.2 Å². The van der Waals surface area contributed by atoms with Crippen LogP contribution in [0.2, 0.25) is 0 Å². The molecule has 0 aromatic heterocycles. The van der Waals surface area contributed by atoms with Crippen molar-refractivity contribution in [3.05, 3.63) is 0 Å². The van der Waals surface area contributed by atoms with Gasteiger partial charge in [0.15, 0.2) is 0 Å². The number of carboxylic acid groups (broad SMARTS) is 1. The van der Waals surface area contributed by atoms with Gasteiger partial charge in [-0.15, -0.1) is 0 Å². The summed E-state index contributed by atoms with van der Waals surface area (Å²) >= 11 is 0. The summed E-state index contributed by atoms with van der Waals surface area (Å²) in [7, 11) is 0. The van der Waals surface area contributed by atoms with E-state index in [1.54, 1.807) is 20.8 Å². The van der Waals surface area contributed by atoms with E-state index in [9.17, 15) is 9.59 Å². The second-order valence-electron chi connectivity index (χ2n) is 4.60. The van der Waals surface area contributed by atoms with E-state index in [2.05, 4.69) is 0 Å². The fourth-order valence-electron chi connectivity index (χ4n) is 1.73. The Bertz CT molecular complexity index is 264. The smallest absolute Gasteiger partial charge is 0.329 e. The van der Waals surface area contributed by atoms with Gasteiger partial charge in [-0.3, -0.25) is 4.79 Å². The minimum absolute atomic E-state index is 0.100. The average Bonchev–Trinajstić information content (AvgIpc) is 2.24. The predicted molar refractivity (Wildman–Crippen MR) is 66.6 cm³/mol. The Morgan fingerprint density at radius 2 is 1.82 bits per heavy atom. The highest BCUT2D eigenvalue weighted by Crippen LogP contribution is 2.17. The number of hydrogen-bond acceptors (Lipinski definition) is 3. The van der Waals surface area contributed by atoms with Gasteiger partial charge in [0.2, 0.25) is 5.91 Å². The SMILES string of the molecule is CCN(C(=O)CCCCCN)C(C)(C)C(=O)O. The number of unbranched alkanes of at least 4 members (excludes halogenated alkanes) is 2. The van der Waals surface area contributed by atoms with Gasteiger partial charge in [0.25, 0.3) is 0 Å². The minimum atomic E-state index is -1.14. The second kappa shape index (κ2) is 7.27. The molecule has 0 bridgehead atoms. The van der Waals surface area contributed by atoms with E-state index in [1.807, 2.05) is 0 Å². The minimum Gasteiger partial charge on any atom is -0.480 e. The molecule has 17 heavy (non-hydrogen) atoms. The fourth-order valence-corrected chi connectivity index (χ4v) is 1.73. The van der Waals surface area contributed by atoms with Gasteiger partial charge < -0.3 is 15.7 Å². The molecule has 1 amide bonds. The van der Waals surface area contributed by atoms with Gasteiger partial charge in [-0.1, -0.05) is 6.42 Å². The largest absolute Gasteiger partial charge is 0.480 e.